The molecule has 34 heavy (non-hydrogen) atoms. The fraction of sp³-hybridized carbons (Fsp3) is 0.478. The molecule has 1 aliphatic heterocycles. The number of benzene rings is 1. The van der Waals surface area contributed by atoms with Gasteiger partial charge in [0.25, 0.3) is 5.91 Å². The first-order chi connectivity index (χ1) is 16.4. The number of halogens is 1. The van der Waals surface area contributed by atoms with Crippen LogP contribution in [0.1, 0.15) is 59.8 Å². The first kappa shape index (κ1) is 24.4. The van der Waals surface area contributed by atoms with Crippen LogP contribution in [0.3, 0.4) is 0 Å². The van der Waals surface area contributed by atoms with Gasteiger partial charge in [-0.15, -0.1) is 0 Å². The number of piperidine rings is 1. The molecule has 0 saturated carbocycles. The zero-order chi connectivity index (χ0) is 24.2. The quantitative estimate of drug-likeness (QED) is 0.327. The number of nitrogens with one attached hydrogen (secondary N) is 3. The van der Waals surface area contributed by atoms with Crippen LogP contribution in [0.25, 0.3) is 10.2 Å². The van der Waals surface area contributed by atoms with Crippen LogP contribution in [0.4, 0.5) is 5.13 Å². The van der Waals surface area contributed by atoms with Gasteiger partial charge in [-0.3, -0.25) is 4.79 Å². The summed E-state index contributed by atoms with van der Waals surface area (Å²) in [5.41, 5.74) is 1.70. The molecule has 3 heterocycles. The number of aromatic nitrogens is 3. The predicted octanol–water partition coefficient (Wildman–Crippen LogP) is 3.70. The first-order valence-electron chi connectivity index (χ1n) is 11.6. The van der Waals surface area contributed by atoms with Crippen LogP contribution in [0.15, 0.2) is 18.2 Å². The van der Waals surface area contributed by atoms with Gasteiger partial charge in [-0.25, -0.2) is 14.8 Å². The number of aromatic carboxylic acids is 1. The van der Waals surface area contributed by atoms with Crippen molar-refractivity contribution < 1.29 is 14.7 Å². The molecule has 4 N–H and O–H groups in total. The number of carboxylic acids is 1. The average Bonchev–Trinajstić information content (AvgIpc) is 3.43. The maximum absolute atomic E-state index is 12.9. The topological polar surface area (TPSA) is 123 Å². The normalized spacial score (nSPS) is 18.4. The minimum atomic E-state index is -0.953. The smallest absolute Gasteiger partial charge is 0.337 e. The monoisotopic (exact) mass is 504 g/mol. The molecule has 3 aromatic rings. The standard InChI is InChI=1S/C23H29ClN6O3S/c1-3-5-10-25-17-12-30(23-28-16-8-6-7-13(22(32)33)18(16)34-23)11-9-15(17)27-21(31)20-26-14(4-2)19(24)29-20/h6-8,15,17,25H,3-5,9-12H2,1-2H3,(H,26,29)(H,27,31)(H,32,33)/t15-,17-/m0/s1. The van der Waals surface area contributed by atoms with E-state index in [1.165, 1.54) is 11.3 Å². The van der Waals surface area contributed by atoms with E-state index in [-0.39, 0.29) is 29.4 Å². The summed E-state index contributed by atoms with van der Waals surface area (Å²) in [4.78, 5) is 38.5. The lowest BCUT2D eigenvalue weighted by molar-refractivity contribution is 0.0699. The second-order valence-corrected chi connectivity index (χ2v) is 9.73. The number of hydrogen-bond acceptors (Lipinski definition) is 7. The number of carbonyl (C=O) groups excluding carboxylic acids is 1. The van der Waals surface area contributed by atoms with Gasteiger partial charge in [0.15, 0.2) is 16.1 Å². The van der Waals surface area contributed by atoms with Crippen LogP contribution in [-0.2, 0) is 6.42 Å². The van der Waals surface area contributed by atoms with Gasteiger partial charge in [0.05, 0.1) is 21.5 Å². The SMILES string of the molecule is CCCCN[C@H]1CN(c2nc3cccc(C(=O)O)c3s2)CC[C@@H]1NC(=O)c1nc(Cl)c(CC)[nH]1. The Bertz CT molecular complexity index is 1180. The molecule has 0 spiro atoms. The van der Waals surface area contributed by atoms with Crippen molar-refractivity contribution in [3.8, 4) is 0 Å². The molecule has 182 valence electrons. The summed E-state index contributed by atoms with van der Waals surface area (Å²) in [6.07, 6.45) is 3.49. The van der Waals surface area contributed by atoms with E-state index in [2.05, 4.69) is 32.4 Å². The largest absolute Gasteiger partial charge is 0.478 e. The van der Waals surface area contributed by atoms with E-state index in [9.17, 15) is 14.7 Å². The first-order valence-corrected chi connectivity index (χ1v) is 12.8. The number of rotatable bonds is 9. The number of fused-ring (bicyclic) bond motifs is 1. The Morgan fingerprint density at radius 2 is 2.12 bits per heavy atom. The Hall–Kier alpha value is -2.69. The molecule has 0 radical (unpaired) electrons. The van der Waals surface area contributed by atoms with Gasteiger partial charge in [0.2, 0.25) is 0 Å². The number of carboxylic acid groups (broad SMARTS) is 1. The lowest BCUT2D eigenvalue weighted by atomic mass is 9.99. The highest BCUT2D eigenvalue weighted by molar-refractivity contribution is 7.22. The minimum Gasteiger partial charge on any atom is -0.478 e. The van der Waals surface area contributed by atoms with E-state index in [0.29, 0.717) is 41.3 Å². The predicted molar refractivity (Wildman–Crippen MR) is 134 cm³/mol. The summed E-state index contributed by atoms with van der Waals surface area (Å²) in [7, 11) is 0. The maximum Gasteiger partial charge on any atom is 0.337 e. The van der Waals surface area contributed by atoms with Gasteiger partial charge in [0, 0.05) is 25.2 Å². The highest BCUT2D eigenvalue weighted by atomic mass is 35.5. The molecule has 1 saturated heterocycles. The average molecular weight is 505 g/mol. The molecular weight excluding hydrogens is 476 g/mol. The summed E-state index contributed by atoms with van der Waals surface area (Å²) in [6.45, 7) is 6.28. The van der Waals surface area contributed by atoms with Gasteiger partial charge in [0.1, 0.15) is 0 Å². The number of anilines is 1. The Labute approximate surface area is 206 Å². The minimum absolute atomic E-state index is 0.00582. The van der Waals surface area contributed by atoms with E-state index in [1.807, 2.05) is 13.0 Å². The van der Waals surface area contributed by atoms with Gasteiger partial charge < -0.3 is 25.6 Å². The summed E-state index contributed by atoms with van der Waals surface area (Å²) in [5.74, 6) is -0.997. The third-order valence-electron chi connectivity index (χ3n) is 6.07. The third kappa shape index (κ3) is 5.18. The van der Waals surface area contributed by atoms with E-state index in [1.54, 1.807) is 12.1 Å². The number of aromatic amines is 1. The molecule has 2 atom stereocenters. The fourth-order valence-corrected chi connectivity index (χ4v) is 5.55. The third-order valence-corrected chi connectivity index (χ3v) is 7.55. The van der Waals surface area contributed by atoms with Crippen LogP contribution < -0.4 is 15.5 Å². The van der Waals surface area contributed by atoms with Gasteiger partial charge in [-0.1, -0.05) is 49.3 Å². The molecule has 9 nitrogen and oxygen atoms in total. The van der Waals surface area contributed by atoms with Crippen molar-refractivity contribution in [1.29, 1.82) is 0 Å². The lowest BCUT2D eigenvalue weighted by Crippen LogP contribution is -2.59. The zero-order valence-corrected chi connectivity index (χ0v) is 20.8. The molecule has 11 heteroatoms. The number of unbranched alkanes of at least 4 members (excludes halogenated alkanes) is 1. The van der Waals surface area contributed by atoms with Crippen molar-refractivity contribution >= 4 is 50.2 Å². The molecular formula is C23H29ClN6O3S. The highest BCUT2D eigenvalue weighted by Crippen LogP contribution is 2.33. The number of nitrogens with zero attached hydrogens (tertiary/aromatic N) is 3. The maximum atomic E-state index is 12.9. The lowest BCUT2D eigenvalue weighted by Gasteiger charge is -2.39. The second-order valence-electron chi connectivity index (χ2n) is 8.39. The van der Waals surface area contributed by atoms with Gasteiger partial charge in [-0.05, 0) is 37.9 Å². The Kier molecular flexibility index (Phi) is 7.70. The summed E-state index contributed by atoms with van der Waals surface area (Å²) < 4.78 is 0.678. The summed E-state index contributed by atoms with van der Waals surface area (Å²) in [6, 6.07) is 5.08. The van der Waals surface area contributed by atoms with E-state index >= 15 is 0 Å². The number of imidazole rings is 1. The Morgan fingerprint density at radius 1 is 1.29 bits per heavy atom. The van der Waals surface area contributed by atoms with Crippen molar-refractivity contribution in [3.63, 3.8) is 0 Å². The van der Waals surface area contributed by atoms with Gasteiger partial charge in [-0.2, -0.15) is 0 Å². The van der Waals surface area contributed by atoms with E-state index < -0.39 is 5.97 Å². The summed E-state index contributed by atoms with van der Waals surface area (Å²) in [5, 5.41) is 17.3. The number of carbonyl (C=O) groups is 2. The molecule has 0 bridgehead atoms. The van der Waals surface area contributed by atoms with Crippen LogP contribution in [0, 0.1) is 0 Å². The number of amides is 1. The molecule has 4 rings (SSSR count). The van der Waals surface area contributed by atoms with E-state index in [0.717, 1.165) is 30.2 Å². The molecule has 2 aromatic heterocycles. The number of H-pyrrole nitrogens is 1. The molecule has 1 fully saturated rings. The molecule has 1 amide bonds. The van der Waals surface area contributed by atoms with Crippen LogP contribution >= 0.6 is 22.9 Å². The molecule has 1 aromatic carbocycles. The van der Waals surface area contributed by atoms with Crippen molar-refractivity contribution in [2.45, 2.75) is 51.6 Å². The van der Waals surface area contributed by atoms with Crippen LogP contribution in [-0.4, -0.2) is 63.7 Å². The molecule has 0 unspecified atom stereocenters. The highest BCUT2D eigenvalue weighted by Gasteiger charge is 2.32. The summed E-state index contributed by atoms with van der Waals surface area (Å²) >= 11 is 7.51. The van der Waals surface area contributed by atoms with Gasteiger partial charge >= 0.3 is 5.97 Å². The van der Waals surface area contributed by atoms with Crippen molar-refractivity contribution in [3.05, 3.63) is 40.4 Å². The van der Waals surface area contributed by atoms with E-state index in [4.69, 9.17) is 16.6 Å². The van der Waals surface area contributed by atoms with Crippen LogP contribution in [0.2, 0.25) is 5.15 Å². The fourth-order valence-electron chi connectivity index (χ4n) is 4.18. The number of hydrogen-bond donors (Lipinski definition) is 4. The Morgan fingerprint density at radius 3 is 2.82 bits per heavy atom. The zero-order valence-electron chi connectivity index (χ0n) is 19.2. The molecule has 0 aliphatic carbocycles. The number of thiazole rings is 1. The van der Waals surface area contributed by atoms with Crippen molar-refractivity contribution in [1.82, 2.24) is 25.6 Å². The number of aryl methyl sites for hydroxylation is 1. The van der Waals surface area contributed by atoms with Crippen molar-refractivity contribution in [2.24, 2.45) is 0 Å². The van der Waals surface area contributed by atoms with Crippen LogP contribution in [0.5, 0.6) is 0 Å². The molecule has 1 aliphatic rings. The van der Waals surface area contributed by atoms with Crippen molar-refractivity contribution in [2.75, 3.05) is 24.5 Å². The Balaban J connectivity index is 1.51. The second kappa shape index (κ2) is 10.7.